The Labute approximate surface area is 181 Å². The number of morpholine rings is 1. The Morgan fingerprint density at radius 2 is 2.10 bits per heavy atom. The van der Waals surface area contributed by atoms with E-state index in [1.807, 2.05) is 18.2 Å². The molecule has 8 heteroatoms. The fourth-order valence-electron chi connectivity index (χ4n) is 3.57. The van der Waals surface area contributed by atoms with Crippen LogP contribution in [-0.2, 0) is 22.5 Å². The quantitative estimate of drug-likeness (QED) is 0.784. The van der Waals surface area contributed by atoms with Crippen LogP contribution >= 0.6 is 11.6 Å². The number of nitrogens with one attached hydrogen (secondary N) is 1. The Morgan fingerprint density at radius 3 is 2.90 bits per heavy atom. The predicted molar refractivity (Wildman–Crippen MR) is 114 cm³/mol. The van der Waals surface area contributed by atoms with Crippen molar-refractivity contribution in [3.05, 3.63) is 46.6 Å². The van der Waals surface area contributed by atoms with E-state index >= 15 is 0 Å². The average molecular weight is 432 g/mol. The van der Waals surface area contributed by atoms with Gasteiger partial charge in [0.05, 0.1) is 37.4 Å². The van der Waals surface area contributed by atoms with Crippen LogP contribution in [0.5, 0.6) is 11.5 Å². The molecule has 1 N–H and O–H groups in total. The van der Waals surface area contributed by atoms with Gasteiger partial charge in [0.2, 0.25) is 5.91 Å². The summed E-state index contributed by atoms with van der Waals surface area (Å²) in [6, 6.07) is 7.57. The first kappa shape index (κ1) is 20.8. The Hall–Kier alpha value is -2.51. The second-order valence-electron chi connectivity index (χ2n) is 7.56. The van der Waals surface area contributed by atoms with Crippen molar-refractivity contribution < 1.29 is 19.0 Å². The summed E-state index contributed by atoms with van der Waals surface area (Å²) < 4.78 is 16.9. The van der Waals surface area contributed by atoms with E-state index < -0.39 is 0 Å². The molecule has 4 rings (SSSR count). The molecule has 2 aliphatic heterocycles. The summed E-state index contributed by atoms with van der Waals surface area (Å²) in [6.07, 6.45) is 3.03. The van der Waals surface area contributed by atoms with Gasteiger partial charge in [-0.25, -0.2) is 4.98 Å². The van der Waals surface area contributed by atoms with Crippen molar-refractivity contribution in [1.29, 1.82) is 0 Å². The Kier molecular flexibility index (Phi) is 6.59. The molecule has 30 heavy (non-hydrogen) atoms. The van der Waals surface area contributed by atoms with Crippen LogP contribution in [0.1, 0.15) is 24.5 Å². The highest BCUT2D eigenvalue weighted by molar-refractivity contribution is 6.32. The van der Waals surface area contributed by atoms with Crippen molar-refractivity contribution in [2.75, 3.05) is 37.8 Å². The summed E-state index contributed by atoms with van der Waals surface area (Å²) in [6.45, 7) is 6.02. The van der Waals surface area contributed by atoms with E-state index in [9.17, 15) is 4.79 Å². The number of carbonyl (C=O) groups is 1. The van der Waals surface area contributed by atoms with Gasteiger partial charge in [-0.2, -0.15) is 0 Å². The second kappa shape index (κ2) is 9.53. The van der Waals surface area contributed by atoms with Crippen LogP contribution in [0.3, 0.4) is 0 Å². The normalized spacial score (nSPS) is 18.6. The summed E-state index contributed by atoms with van der Waals surface area (Å²) >= 11 is 6.31. The maximum absolute atomic E-state index is 12.4. The van der Waals surface area contributed by atoms with Gasteiger partial charge in [0.15, 0.2) is 11.5 Å². The van der Waals surface area contributed by atoms with Gasteiger partial charge in [0.25, 0.3) is 0 Å². The lowest BCUT2D eigenvalue weighted by molar-refractivity contribution is -0.120. The van der Waals surface area contributed by atoms with Crippen molar-refractivity contribution in [1.82, 2.24) is 10.3 Å². The minimum absolute atomic E-state index is 0.0911. The Balaban J connectivity index is 1.32. The lowest BCUT2D eigenvalue weighted by atomic mass is 10.1. The molecular weight excluding hydrogens is 406 g/mol. The molecule has 1 aromatic heterocycles. The summed E-state index contributed by atoms with van der Waals surface area (Å²) in [5, 5.41) is 3.40. The molecule has 0 aliphatic carbocycles. The molecule has 7 nitrogen and oxygen atoms in total. The number of rotatable bonds is 5. The van der Waals surface area contributed by atoms with Gasteiger partial charge < -0.3 is 24.4 Å². The Morgan fingerprint density at radius 1 is 1.23 bits per heavy atom. The molecule has 0 radical (unpaired) electrons. The van der Waals surface area contributed by atoms with Gasteiger partial charge in [-0.15, -0.1) is 0 Å². The van der Waals surface area contributed by atoms with Crippen LogP contribution in [0.2, 0.25) is 5.02 Å². The molecule has 1 atom stereocenters. The molecule has 1 aromatic carbocycles. The van der Waals surface area contributed by atoms with Crippen LogP contribution in [0, 0.1) is 0 Å². The van der Waals surface area contributed by atoms with E-state index in [2.05, 4.69) is 22.1 Å². The van der Waals surface area contributed by atoms with E-state index in [-0.39, 0.29) is 18.4 Å². The van der Waals surface area contributed by atoms with Crippen molar-refractivity contribution in [3.63, 3.8) is 0 Å². The highest BCUT2D eigenvalue weighted by atomic mass is 35.5. The number of pyridine rings is 1. The number of aromatic nitrogens is 1. The smallest absolute Gasteiger partial charge is 0.224 e. The number of halogens is 1. The van der Waals surface area contributed by atoms with Crippen LogP contribution in [0.4, 0.5) is 5.82 Å². The van der Waals surface area contributed by atoms with E-state index in [1.165, 1.54) is 0 Å². The molecule has 3 heterocycles. The van der Waals surface area contributed by atoms with Crippen molar-refractivity contribution in [2.45, 2.75) is 32.4 Å². The van der Waals surface area contributed by atoms with Gasteiger partial charge in [-0.3, -0.25) is 4.79 Å². The zero-order valence-electron chi connectivity index (χ0n) is 17.0. The standard InChI is InChI=1S/C22H26ClN3O4/c1-15-14-26(5-8-28-15)20-4-3-16(12-24-20)13-25-21(27)11-17-9-18(23)22-19(10-17)29-6-2-7-30-22/h3-4,9-10,12,15H,2,5-8,11,13-14H2,1H3,(H,25,27). The summed E-state index contributed by atoms with van der Waals surface area (Å²) in [5.74, 6) is 1.99. The van der Waals surface area contributed by atoms with Crippen LogP contribution in [0.25, 0.3) is 0 Å². The molecule has 2 aromatic rings. The number of hydrogen-bond donors (Lipinski definition) is 1. The number of carbonyl (C=O) groups excluding carboxylic acids is 1. The fourth-order valence-corrected chi connectivity index (χ4v) is 3.86. The van der Waals surface area contributed by atoms with Gasteiger partial charge in [-0.05, 0) is 36.2 Å². The zero-order chi connectivity index (χ0) is 20.9. The number of benzene rings is 1. The van der Waals surface area contributed by atoms with Gasteiger partial charge in [0, 0.05) is 32.3 Å². The lowest BCUT2D eigenvalue weighted by Crippen LogP contribution is -2.41. The number of ether oxygens (including phenoxy) is 3. The molecule has 0 saturated carbocycles. The summed E-state index contributed by atoms with van der Waals surface area (Å²) in [7, 11) is 0. The molecule has 1 unspecified atom stereocenters. The maximum Gasteiger partial charge on any atom is 0.224 e. The van der Waals surface area contributed by atoms with Crippen molar-refractivity contribution in [3.8, 4) is 11.5 Å². The molecule has 1 amide bonds. The third-order valence-electron chi connectivity index (χ3n) is 5.09. The van der Waals surface area contributed by atoms with Gasteiger partial charge in [0.1, 0.15) is 5.82 Å². The zero-order valence-corrected chi connectivity index (χ0v) is 17.8. The summed E-state index contributed by atoms with van der Waals surface area (Å²) in [5.41, 5.74) is 1.74. The molecular formula is C22H26ClN3O4. The van der Waals surface area contributed by atoms with E-state index in [1.54, 1.807) is 12.3 Å². The number of fused-ring (bicyclic) bond motifs is 1. The molecule has 160 valence electrons. The first-order valence-corrected chi connectivity index (χ1v) is 10.6. The highest BCUT2D eigenvalue weighted by Crippen LogP contribution is 2.38. The van der Waals surface area contributed by atoms with E-state index in [0.29, 0.717) is 42.9 Å². The molecule has 0 spiro atoms. The minimum Gasteiger partial charge on any atom is -0.489 e. The first-order valence-electron chi connectivity index (χ1n) is 10.2. The predicted octanol–water partition coefficient (Wildman–Crippen LogP) is 2.98. The van der Waals surface area contributed by atoms with Gasteiger partial charge in [-0.1, -0.05) is 17.7 Å². The lowest BCUT2D eigenvalue weighted by Gasteiger charge is -2.32. The Bertz CT molecular complexity index is 891. The largest absolute Gasteiger partial charge is 0.489 e. The third kappa shape index (κ3) is 5.15. The molecule has 0 bridgehead atoms. The van der Waals surface area contributed by atoms with Crippen LogP contribution in [-0.4, -0.2) is 49.9 Å². The number of nitrogens with zero attached hydrogens (tertiary/aromatic N) is 2. The maximum atomic E-state index is 12.4. The topological polar surface area (TPSA) is 72.9 Å². The minimum atomic E-state index is -0.0911. The molecule has 2 aliphatic rings. The average Bonchev–Trinajstić information content (AvgIpc) is 2.99. The number of hydrogen-bond acceptors (Lipinski definition) is 6. The molecule has 1 fully saturated rings. The first-order chi connectivity index (χ1) is 14.6. The number of anilines is 1. The van der Waals surface area contributed by atoms with Crippen molar-refractivity contribution in [2.24, 2.45) is 0 Å². The monoisotopic (exact) mass is 431 g/mol. The van der Waals surface area contributed by atoms with Crippen LogP contribution in [0.15, 0.2) is 30.5 Å². The van der Waals surface area contributed by atoms with Crippen LogP contribution < -0.4 is 19.7 Å². The number of amides is 1. The third-order valence-corrected chi connectivity index (χ3v) is 5.37. The second-order valence-corrected chi connectivity index (χ2v) is 7.97. The SMILES string of the molecule is CC1CN(c2ccc(CNC(=O)Cc3cc(Cl)c4c(c3)OCCCO4)cn2)CCO1. The van der Waals surface area contributed by atoms with E-state index in [4.69, 9.17) is 25.8 Å². The fraction of sp³-hybridized carbons (Fsp3) is 0.455. The molecule has 1 saturated heterocycles. The van der Waals surface area contributed by atoms with Crippen molar-refractivity contribution >= 4 is 23.3 Å². The highest BCUT2D eigenvalue weighted by Gasteiger charge is 2.18. The summed E-state index contributed by atoms with van der Waals surface area (Å²) in [4.78, 5) is 19.2. The van der Waals surface area contributed by atoms with E-state index in [0.717, 1.165) is 36.5 Å². The van der Waals surface area contributed by atoms with Gasteiger partial charge >= 0.3 is 0 Å².